The van der Waals surface area contributed by atoms with Crippen LogP contribution in [0.3, 0.4) is 0 Å². The number of nitrogens with one attached hydrogen (secondary N) is 1. The number of carbonyl (C=O) groups is 1. The number of halogens is 1. The predicted molar refractivity (Wildman–Crippen MR) is 116 cm³/mol. The van der Waals surface area contributed by atoms with Crippen LogP contribution in [0.1, 0.15) is 18.4 Å². The van der Waals surface area contributed by atoms with Crippen LogP contribution < -0.4 is 10.1 Å². The van der Waals surface area contributed by atoms with Crippen molar-refractivity contribution >= 4 is 11.6 Å². The molecular weight excluding hydrogens is 379 g/mol. The molecule has 1 aliphatic heterocycles. The van der Waals surface area contributed by atoms with Gasteiger partial charge in [0, 0.05) is 18.8 Å². The molecule has 0 aromatic heterocycles. The Balaban J connectivity index is 1.31. The SMILES string of the molecule is O=C(Nc1ccc(Oc2ccccc2)cc1)[C@H]1CCCN(Cc2ccc(F)cc2)C1. The molecule has 1 saturated heterocycles. The van der Waals surface area contributed by atoms with Gasteiger partial charge in [-0.05, 0) is 73.5 Å². The number of rotatable bonds is 6. The third-order valence-corrected chi connectivity index (χ3v) is 5.30. The highest BCUT2D eigenvalue weighted by molar-refractivity contribution is 5.92. The molecule has 0 bridgehead atoms. The van der Waals surface area contributed by atoms with Crippen LogP contribution in [0.2, 0.25) is 0 Å². The minimum atomic E-state index is -0.227. The molecule has 5 heteroatoms. The first-order valence-corrected chi connectivity index (χ1v) is 10.3. The lowest BCUT2D eigenvalue weighted by Crippen LogP contribution is -2.40. The van der Waals surface area contributed by atoms with Crippen molar-refractivity contribution in [1.82, 2.24) is 4.90 Å². The van der Waals surface area contributed by atoms with Gasteiger partial charge in [-0.25, -0.2) is 4.39 Å². The Kier molecular flexibility index (Phi) is 6.40. The summed E-state index contributed by atoms with van der Waals surface area (Å²) >= 11 is 0. The zero-order chi connectivity index (χ0) is 20.8. The first-order valence-electron chi connectivity index (χ1n) is 10.3. The Labute approximate surface area is 176 Å². The molecule has 1 atom stereocenters. The summed E-state index contributed by atoms with van der Waals surface area (Å²) in [6.45, 7) is 2.39. The van der Waals surface area contributed by atoms with Crippen LogP contribution in [0.4, 0.5) is 10.1 Å². The molecule has 0 unspecified atom stereocenters. The van der Waals surface area contributed by atoms with Gasteiger partial charge in [-0.1, -0.05) is 30.3 Å². The van der Waals surface area contributed by atoms with Gasteiger partial charge >= 0.3 is 0 Å². The molecule has 3 aromatic rings. The lowest BCUT2D eigenvalue weighted by Gasteiger charge is -2.32. The van der Waals surface area contributed by atoms with E-state index in [0.717, 1.165) is 48.7 Å². The summed E-state index contributed by atoms with van der Waals surface area (Å²) in [4.78, 5) is 15.0. The van der Waals surface area contributed by atoms with Gasteiger partial charge in [0.1, 0.15) is 17.3 Å². The van der Waals surface area contributed by atoms with Crippen molar-refractivity contribution in [3.05, 3.63) is 90.2 Å². The second kappa shape index (κ2) is 9.55. The summed E-state index contributed by atoms with van der Waals surface area (Å²) in [6.07, 6.45) is 1.85. The zero-order valence-corrected chi connectivity index (χ0v) is 16.8. The lowest BCUT2D eigenvalue weighted by molar-refractivity contribution is -0.121. The van der Waals surface area contributed by atoms with Crippen LogP contribution in [-0.4, -0.2) is 23.9 Å². The summed E-state index contributed by atoms with van der Waals surface area (Å²) in [6, 6.07) is 23.6. The molecule has 1 heterocycles. The maximum absolute atomic E-state index is 13.1. The summed E-state index contributed by atoms with van der Waals surface area (Å²) in [5.41, 5.74) is 1.82. The Morgan fingerprint density at radius 3 is 2.40 bits per heavy atom. The molecule has 1 amide bonds. The van der Waals surface area contributed by atoms with Gasteiger partial charge in [0.15, 0.2) is 0 Å². The van der Waals surface area contributed by atoms with Crippen molar-refractivity contribution in [2.45, 2.75) is 19.4 Å². The number of amides is 1. The van der Waals surface area contributed by atoms with Crippen LogP contribution in [-0.2, 0) is 11.3 Å². The van der Waals surface area contributed by atoms with Crippen molar-refractivity contribution in [3.63, 3.8) is 0 Å². The van der Waals surface area contributed by atoms with Gasteiger partial charge in [-0.3, -0.25) is 9.69 Å². The van der Waals surface area contributed by atoms with Gasteiger partial charge < -0.3 is 10.1 Å². The van der Waals surface area contributed by atoms with Gasteiger partial charge in [0.25, 0.3) is 0 Å². The maximum atomic E-state index is 13.1. The number of hydrogen-bond acceptors (Lipinski definition) is 3. The van der Waals surface area contributed by atoms with Crippen molar-refractivity contribution in [2.24, 2.45) is 5.92 Å². The highest BCUT2D eigenvalue weighted by atomic mass is 19.1. The van der Waals surface area contributed by atoms with Crippen LogP contribution in [0.5, 0.6) is 11.5 Å². The van der Waals surface area contributed by atoms with Crippen molar-refractivity contribution in [1.29, 1.82) is 0 Å². The van der Waals surface area contributed by atoms with Crippen molar-refractivity contribution in [3.8, 4) is 11.5 Å². The first-order chi connectivity index (χ1) is 14.7. The van der Waals surface area contributed by atoms with Gasteiger partial charge in [-0.15, -0.1) is 0 Å². The topological polar surface area (TPSA) is 41.6 Å². The second-order valence-corrected chi connectivity index (χ2v) is 7.63. The monoisotopic (exact) mass is 404 g/mol. The maximum Gasteiger partial charge on any atom is 0.228 e. The summed E-state index contributed by atoms with van der Waals surface area (Å²) in [5.74, 6) is 1.25. The van der Waals surface area contributed by atoms with Gasteiger partial charge in [0.05, 0.1) is 5.92 Å². The highest BCUT2D eigenvalue weighted by Crippen LogP contribution is 2.24. The molecule has 1 fully saturated rings. The van der Waals surface area contributed by atoms with Crippen LogP contribution in [0.15, 0.2) is 78.9 Å². The molecule has 3 aromatic carbocycles. The lowest BCUT2D eigenvalue weighted by atomic mass is 9.96. The first kappa shape index (κ1) is 20.1. The number of para-hydroxylation sites is 1. The van der Waals surface area contributed by atoms with Crippen LogP contribution in [0, 0.1) is 11.7 Å². The van der Waals surface area contributed by atoms with E-state index in [1.165, 1.54) is 12.1 Å². The van der Waals surface area contributed by atoms with Crippen molar-refractivity contribution < 1.29 is 13.9 Å². The van der Waals surface area contributed by atoms with E-state index in [1.54, 1.807) is 12.1 Å². The number of ether oxygens (including phenoxy) is 1. The molecule has 1 N–H and O–H groups in total. The normalized spacial score (nSPS) is 16.8. The molecule has 154 valence electrons. The second-order valence-electron chi connectivity index (χ2n) is 7.63. The number of likely N-dealkylation sites (tertiary alicyclic amines) is 1. The van der Waals surface area contributed by atoms with E-state index < -0.39 is 0 Å². The Morgan fingerprint density at radius 2 is 1.67 bits per heavy atom. The molecule has 4 rings (SSSR count). The van der Waals surface area contributed by atoms with E-state index in [1.807, 2.05) is 54.6 Å². The number of nitrogens with zero attached hydrogens (tertiary/aromatic N) is 1. The Hall–Kier alpha value is -3.18. The third kappa shape index (κ3) is 5.45. The standard InChI is InChI=1S/C25H25FN2O2/c26-21-10-8-19(9-11-21)17-28-16-4-5-20(18-28)25(29)27-22-12-14-24(15-13-22)30-23-6-2-1-3-7-23/h1-3,6-15,20H,4-5,16-18H2,(H,27,29)/t20-/m0/s1. The van der Waals surface area contributed by atoms with E-state index in [9.17, 15) is 9.18 Å². The number of carbonyl (C=O) groups excluding carboxylic acids is 1. The third-order valence-electron chi connectivity index (χ3n) is 5.30. The molecule has 4 nitrogen and oxygen atoms in total. The summed E-state index contributed by atoms with van der Waals surface area (Å²) in [7, 11) is 0. The molecular formula is C25H25FN2O2. The Bertz CT molecular complexity index is 959. The van der Waals surface area contributed by atoms with E-state index in [4.69, 9.17) is 4.74 Å². The molecule has 0 spiro atoms. The molecule has 0 radical (unpaired) electrons. The molecule has 0 saturated carbocycles. The zero-order valence-electron chi connectivity index (χ0n) is 16.8. The van der Waals surface area contributed by atoms with E-state index in [0.29, 0.717) is 6.54 Å². The smallest absolute Gasteiger partial charge is 0.228 e. The predicted octanol–water partition coefficient (Wildman–Crippen LogP) is 5.47. The summed E-state index contributed by atoms with van der Waals surface area (Å²) in [5, 5.41) is 3.02. The van der Waals surface area contributed by atoms with E-state index in [2.05, 4.69) is 10.2 Å². The molecule has 1 aliphatic rings. The highest BCUT2D eigenvalue weighted by Gasteiger charge is 2.25. The summed E-state index contributed by atoms with van der Waals surface area (Å²) < 4.78 is 18.9. The fourth-order valence-electron chi connectivity index (χ4n) is 3.74. The number of piperidine rings is 1. The van der Waals surface area contributed by atoms with Crippen molar-refractivity contribution in [2.75, 3.05) is 18.4 Å². The van der Waals surface area contributed by atoms with Gasteiger partial charge in [-0.2, -0.15) is 0 Å². The number of hydrogen-bond donors (Lipinski definition) is 1. The Morgan fingerprint density at radius 1 is 0.967 bits per heavy atom. The molecule has 0 aliphatic carbocycles. The minimum absolute atomic E-state index is 0.0375. The fourth-order valence-corrected chi connectivity index (χ4v) is 3.74. The van der Waals surface area contributed by atoms with Crippen LogP contribution >= 0.6 is 0 Å². The number of anilines is 1. The minimum Gasteiger partial charge on any atom is -0.457 e. The largest absolute Gasteiger partial charge is 0.457 e. The van der Waals surface area contributed by atoms with Crippen LogP contribution in [0.25, 0.3) is 0 Å². The molecule has 30 heavy (non-hydrogen) atoms. The average molecular weight is 404 g/mol. The van der Waals surface area contributed by atoms with Gasteiger partial charge in [0.2, 0.25) is 5.91 Å². The fraction of sp³-hybridized carbons (Fsp3) is 0.240. The van der Waals surface area contributed by atoms with E-state index >= 15 is 0 Å². The number of benzene rings is 3. The van der Waals surface area contributed by atoms with E-state index in [-0.39, 0.29) is 17.6 Å². The quantitative estimate of drug-likeness (QED) is 0.592. The average Bonchev–Trinajstić information content (AvgIpc) is 2.78.